The van der Waals surface area contributed by atoms with Crippen LogP contribution >= 0.6 is 11.6 Å². The number of nitrogens with zero attached hydrogens (tertiary/aromatic N) is 1. The van der Waals surface area contributed by atoms with E-state index in [4.69, 9.17) is 11.6 Å². The van der Waals surface area contributed by atoms with Crippen molar-refractivity contribution in [2.75, 3.05) is 7.05 Å². The van der Waals surface area contributed by atoms with Gasteiger partial charge in [0, 0.05) is 23.3 Å². The van der Waals surface area contributed by atoms with Crippen LogP contribution in [0.4, 0.5) is 0 Å². The third-order valence-electron chi connectivity index (χ3n) is 2.76. The normalized spacial score (nSPS) is 10.5. The Balaban J connectivity index is 2.36. The average molecular weight is 247 g/mol. The van der Waals surface area contributed by atoms with Gasteiger partial charge < -0.3 is 5.32 Å². The number of nitrogens with one attached hydrogen (secondary N) is 1. The quantitative estimate of drug-likeness (QED) is 0.898. The second kappa shape index (κ2) is 5.30. The Labute approximate surface area is 107 Å². The molecule has 0 unspecified atom stereocenters. The van der Waals surface area contributed by atoms with Gasteiger partial charge in [0.1, 0.15) is 0 Å². The summed E-state index contributed by atoms with van der Waals surface area (Å²) in [6.07, 6.45) is 1.89. The summed E-state index contributed by atoms with van der Waals surface area (Å²) in [4.78, 5) is 4.41. The van der Waals surface area contributed by atoms with Crippen molar-refractivity contribution in [2.45, 2.75) is 13.5 Å². The molecule has 3 heteroatoms. The van der Waals surface area contributed by atoms with Crippen LogP contribution in [-0.2, 0) is 6.54 Å². The summed E-state index contributed by atoms with van der Waals surface area (Å²) in [5, 5.41) is 3.87. The molecule has 2 aromatic rings. The Morgan fingerprint density at radius 1 is 1.24 bits per heavy atom. The molecule has 0 aliphatic heterocycles. The van der Waals surface area contributed by atoms with E-state index in [0.29, 0.717) is 0 Å². The number of halogens is 1. The largest absolute Gasteiger partial charge is 0.314 e. The van der Waals surface area contributed by atoms with Gasteiger partial charge in [-0.25, -0.2) is 0 Å². The molecule has 1 N–H and O–H groups in total. The van der Waals surface area contributed by atoms with Crippen LogP contribution in [0.15, 0.2) is 36.5 Å². The Kier molecular flexibility index (Phi) is 3.77. The summed E-state index contributed by atoms with van der Waals surface area (Å²) in [5.41, 5.74) is 4.37. The van der Waals surface area contributed by atoms with Crippen molar-refractivity contribution < 1.29 is 0 Å². The fourth-order valence-electron chi connectivity index (χ4n) is 1.79. The SMILES string of the molecule is CNCc1ccc(-c2cccc(Cl)c2C)cn1. The van der Waals surface area contributed by atoms with Gasteiger partial charge in [-0.05, 0) is 37.2 Å². The van der Waals surface area contributed by atoms with Crippen molar-refractivity contribution in [1.82, 2.24) is 10.3 Å². The Morgan fingerprint density at radius 2 is 2.06 bits per heavy atom. The molecule has 0 radical (unpaired) electrons. The molecule has 0 saturated carbocycles. The predicted molar refractivity (Wildman–Crippen MR) is 72.2 cm³/mol. The number of hydrogen-bond donors (Lipinski definition) is 1. The van der Waals surface area contributed by atoms with Crippen LogP contribution in [0.1, 0.15) is 11.3 Å². The van der Waals surface area contributed by atoms with Gasteiger partial charge in [0.25, 0.3) is 0 Å². The van der Waals surface area contributed by atoms with Crippen LogP contribution in [0.25, 0.3) is 11.1 Å². The molecule has 0 bridgehead atoms. The Hall–Kier alpha value is -1.38. The molecule has 17 heavy (non-hydrogen) atoms. The van der Waals surface area contributed by atoms with Crippen LogP contribution in [-0.4, -0.2) is 12.0 Å². The van der Waals surface area contributed by atoms with Crippen molar-refractivity contribution in [1.29, 1.82) is 0 Å². The molecule has 0 aliphatic rings. The average Bonchev–Trinajstić information content (AvgIpc) is 2.34. The van der Waals surface area contributed by atoms with Gasteiger partial charge in [-0.15, -0.1) is 0 Å². The van der Waals surface area contributed by atoms with Gasteiger partial charge in [0.2, 0.25) is 0 Å². The number of hydrogen-bond acceptors (Lipinski definition) is 2. The van der Waals surface area contributed by atoms with Crippen LogP contribution in [0.5, 0.6) is 0 Å². The van der Waals surface area contributed by atoms with E-state index >= 15 is 0 Å². The molecule has 2 rings (SSSR count). The molecule has 0 aliphatic carbocycles. The van der Waals surface area contributed by atoms with E-state index in [1.165, 1.54) is 0 Å². The van der Waals surface area contributed by atoms with E-state index in [-0.39, 0.29) is 0 Å². The number of aromatic nitrogens is 1. The third kappa shape index (κ3) is 2.65. The molecule has 2 nitrogen and oxygen atoms in total. The van der Waals surface area contributed by atoms with Gasteiger partial charge in [-0.1, -0.05) is 29.8 Å². The zero-order chi connectivity index (χ0) is 12.3. The summed E-state index contributed by atoms with van der Waals surface area (Å²) in [7, 11) is 1.91. The predicted octanol–water partition coefficient (Wildman–Crippen LogP) is 3.43. The van der Waals surface area contributed by atoms with E-state index < -0.39 is 0 Å². The first kappa shape index (κ1) is 12.1. The molecular formula is C14H15ClN2. The van der Waals surface area contributed by atoms with Gasteiger partial charge >= 0.3 is 0 Å². The van der Waals surface area contributed by atoms with E-state index in [1.54, 1.807) is 0 Å². The highest BCUT2D eigenvalue weighted by Crippen LogP contribution is 2.27. The minimum atomic E-state index is 0.787. The lowest BCUT2D eigenvalue weighted by Gasteiger charge is -2.08. The summed E-state index contributed by atoms with van der Waals surface area (Å²) in [6, 6.07) is 10.1. The Bertz CT molecular complexity index is 506. The second-order valence-electron chi connectivity index (χ2n) is 3.98. The molecule has 0 fully saturated rings. The topological polar surface area (TPSA) is 24.9 Å². The van der Waals surface area contributed by atoms with Crippen LogP contribution in [0.3, 0.4) is 0 Å². The van der Waals surface area contributed by atoms with Gasteiger partial charge in [0.05, 0.1) is 5.69 Å². The van der Waals surface area contributed by atoms with Crippen molar-refractivity contribution in [3.05, 3.63) is 52.8 Å². The highest BCUT2D eigenvalue weighted by molar-refractivity contribution is 6.31. The van der Waals surface area contributed by atoms with E-state index in [2.05, 4.69) is 22.4 Å². The molecule has 88 valence electrons. The summed E-state index contributed by atoms with van der Waals surface area (Å²) < 4.78 is 0. The zero-order valence-electron chi connectivity index (χ0n) is 10.00. The highest BCUT2D eigenvalue weighted by Gasteiger charge is 2.05. The number of pyridine rings is 1. The smallest absolute Gasteiger partial charge is 0.0542 e. The molecule has 0 saturated heterocycles. The summed E-state index contributed by atoms with van der Waals surface area (Å²) in [5.74, 6) is 0. The van der Waals surface area contributed by atoms with Crippen molar-refractivity contribution >= 4 is 11.6 Å². The van der Waals surface area contributed by atoms with E-state index in [9.17, 15) is 0 Å². The molecule has 1 aromatic carbocycles. The zero-order valence-corrected chi connectivity index (χ0v) is 10.8. The molecule has 1 aromatic heterocycles. The van der Waals surface area contributed by atoms with E-state index in [1.807, 2.05) is 38.4 Å². The van der Waals surface area contributed by atoms with Gasteiger partial charge in [-0.3, -0.25) is 4.98 Å². The van der Waals surface area contributed by atoms with Crippen LogP contribution in [0, 0.1) is 6.92 Å². The van der Waals surface area contributed by atoms with Crippen molar-refractivity contribution in [2.24, 2.45) is 0 Å². The Morgan fingerprint density at radius 3 is 2.71 bits per heavy atom. The standard InChI is InChI=1S/C14H15ClN2/c1-10-13(4-3-5-14(10)15)11-6-7-12(9-16-2)17-8-11/h3-8,16H,9H2,1-2H3. The third-order valence-corrected chi connectivity index (χ3v) is 3.17. The maximum Gasteiger partial charge on any atom is 0.0542 e. The first-order valence-electron chi connectivity index (χ1n) is 5.57. The van der Waals surface area contributed by atoms with Gasteiger partial charge in [-0.2, -0.15) is 0 Å². The molecule has 0 amide bonds. The molecule has 0 spiro atoms. The maximum atomic E-state index is 6.11. The lowest BCUT2D eigenvalue weighted by Crippen LogP contribution is -2.06. The van der Waals surface area contributed by atoms with Crippen LogP contribution in [0.2, 0.25) is 5.02 Å². The molecule has 0 atom stereocenters. The van der Waals surface area contributed by atoms with Crippen molar-refractivity contribution in [3.8, 4) is 11.1 Å². The summed E-state index contributed by atoms with van der Waals surface area (Å²) in [6.45, 7) is 2.81. The maximum absolute atomic E-state index is 6.11. The lowest BCUT2D eigenvalue weighted by molar-refractivity contribution is 0.791. The monoisotopic (exact) mass is 246 g/mol. The van der Waals surface area contributed by atoms with Crippen molar-refractivity contribution in [3.63, 3.8) is 0 Å². The molecular weight excluding hydrogens is 232 g/mol. The first-order chi connectivity index (χ1) is 8.22. The fourth-order valence-corrected chi connectivity index (χ4v) is 1.96. The van der Waals surface area contributed by atoms with Gasteiger partial charge in [0.15, 0.2) is 0 Å². The minimum absolute atomic E-state index is 0.787. The lowest BCUT2D eigenvalue weighted by atomic mass is 10.0. The first-order valence-corrected chi connectivity index (χ1v) is 5.95. The highest BCUT2D eigenvalue weighted by atomic mass is 35.5. The molecule has 1 heterocycles. The fraction of sp³-hybridized carbons (Fsp3) is 0.214. The van der Waals surface area contributed by atoms with E-state index in [0.717, 1.165) is 34.0 Å². The minimum Gasteiger partial charge on any atom is -0.314 e. The second-order valence-corrected chi connectivity index (χ2v) is 4.39. The number of rotatable bonds is 3. The summed E-state index contributed by atoms with van der Waals surface area (Å²) >= 11 is 6.11. The number of benzene rings is 1. The van der Waals surface area contributed by atoms with Crippen LogP contribution < -0.4 is 5.32 Å².